The number of aromatic nitrogens is 5. The van der Waals surface area contributed by atoms with Crippen molar-refractivity contribution in [3.63, 3.8) is 0 Å². The van der Waals surface area contributed by atoms with E-state index in [2.05, 4.69) is 30.6 Å². The molecule has 0 saturated heterocycles. The van der Waals surface area contributed by atoms with Crippen molar-refractivity contribution in [1.29, 1.82) is 0 Å². The average Bonchev–Trinajstić information content (AvgIpc) is 3.35. The summed E-state index contributed by atoms with van der Waals surface area (Å²) in [7, 11) is 0. The average molecular weight is 406 g/mol. The van der Waals surface area contributed by atoms with E-state index in [4.69, 9.17) is 23.1 Å². The number of hydrogen-bond acceptors (Lipinski definition) is 6. The molecule has 0 radical (unpaired) electrons. The van der Waals surface area contributed by atoms with Crippen LogP contribution in [0, 0.1) is 0 Å². The number of hydrogen-bond donors (Lipinski definition) is 2. The number of anilines is 2. The fourth-order valence-corrected chi connectivity index (χ4v) is 4.13. The second-order valence-corrected chi connectivity index (χ2v) is 7.79. The molecule has 4 aromatic heterocycles. The van der Waals surface area contributed by atoms with E-state index in [-0.39, 0.29) is 0 Å². The zero-order chi connectivity index (χ0) is 20.0. The highest BCUT2D eigenvalue weighted by Crippen LogP contribution is 2.33. The van der Waals surface area contributed by atoms with E-state index in [0.29, 0.717) is 22.7 Å². The zero-order valence-corrected chi connectivity index (χ0v) is 16.5. The SMILES string of the molecule is Nc1nc2cc(CCC3=C[C@@H](n4ccc5c(N)ncnc54)CC3)cnc2cc1Cl. The number of aryl methyl sites for hydroxylation is 1. The summed E-state index contributed by atoms with van der Waals surface area (Å²) in [5.74, 6) is 0.859. The summed E-state index contributed by atoms with van der Waals surface area (Å²) in [5.41, 5.74) is 16.8. The van der Waals surface area contributed by atoms with Gasteiger partial charge in [0.05, 0.1) is 27.5 Å². The predicted octanol–water partition coefficient (Wildman–Crippen LogP) is 4.09. The van der Waals surface area contributed by atoms with Crippen LogP contribution in [0.2, 0.25) is 5.02 Å². The third-order valence-corrected chi connectivity index (χ3v) is 5.83. The Kier molecular flexibility index (Phi) is 4.32. The van der Waals surface area contributed by atoms with Crippen molar-refractivity contribution < 1.29 is 0 Å². The number of fused-ring (bicyclic) bond motifs is 2. The highest BCUT2D eigenvalue weighted by atomic mass is 35.5. The van der Waals surface area contributed by atoms with Crippen molar-refractivity contribution >= 4 is 45.3 Å². The van der Waals surface area contributed by atoms with E-state index < -0.39 is 0 Å². The van der Waals surface area contributed by atoms with Gasteiger partial charge in [-0.1, -0.05) is 23.3 Å². The van der Waals surface area contributed by atoms with Crippen molar-refractivity contribution in [2.45, 2.75) is 31.7 Å². The van der Waals surface area contributed by atoms with Crippen LogP contribution in [0.4, 0.5) is 11.6 Å². The van der Waals surface area contributed by atoms with Gasteiger partial charge in [-0.05, 0) is 49.4 Å². The Morgan fingerprint density at radius 1 is 1.07 bits per heavy atom. The van der Waals surface area contributed by atoms with Gasteiger partial charge in [-0.2, -0.15) is 0 Å². The van der Waals surface area contributed by atoms with E-state index in [0.717, 1.165) is 53.3 Å². The largest absolute Gasteiger partial charge is 0.383 e. The molecular formula is C21H20ClN7. The van der Waals surface area contributed by atoms with Crippen molar-refractivity contribution in [2.75, 3.05) is 11.5 Å². The Hall–Kier alpha value is -3.19. The Morgan fingerprint density at radius 3 is 2.86 bits per heavy atom. The molecule has 1 aliphatic carbocycles. The van der Waals surface area contributed by atoms with E-state index in [1.165, 1.54) is 11.9 Å². The van der Waals surface area contributed by atoms with Crippen LogP contribution in [0.3, 0.4) is 0 Å². The van der Waals surface area contributed by atoms with Crippen LogP contribution in [0.1, 0.15) is 30.9 Å². The summed E-state index contributed by atoms with van der Waals surface area (Å²) in [6, 6.07) is 6.09. The standard InChI is InChI=1S/C21H20ClN7/c22-16-9-17-18(28-20(16)24)8-13(10-25-17)2-1-12-3-4-14(7-12)29-6-5-15-19(23)26-11-27-21(15)29/h5-11,14H,1-4H2,(H2,24,28)(H2,23,26,27)/t14-/m0/s1. The lowest BCUT2D eigenvalue weighted by Crippen LogP contribution is -2.03. The molecule has 8 heteroatoms. The maximum atomic E-state index is 6.02. The fourth-order valence-electron chi connectivity index (χ4n) is 3.98. The topological polar surface area (TPSA) is 109 Å². The normalized spacial score (nSPS) is 16.6. The van der Waals surface area contributed by atoms with Gasteiger partial charge in [0.1, 0.15) is 23.6 Å². The highest BCUT2D eigenvalue weighted by Gasteiger charge is 2.19. The molecule has 4 aromatic rings. The summed E-state index contributed by atoms with van der Waals surface area (Å²) in [6.07, 6.45) is 11.9. The highest BCUT2D eigenvalue weighted by molar-refractivity contribution is 6.33. The quantitative estimate of drug-likeness (QED) is 0.495. The first-order valence-corrected chi connectivity index (χ1v) is 9.93. The molecule has 0 unspecified atom stereocenters. The summed E-state index contributed by atoms with van der Waals surface area (Å²) >= 11 is 6.02. The number of rotatable bonds is 4. The Balaban J connectivity index is 1.33. The van der Waals surface area contributed by atoms with Gasteiger partial charge in [0, 0.05) is 12.4 Å². The minimum Gasteiger partial charge on any atom is -0.383 e. The van der Waals surface area contributed by atoms with E-state index in [1.54, 1.807) is 6.07 Å². The molecule has 1 aliphatic rings. The molecule has 4 N–H and O–H groups in total. The van der Waals surface area contributed by atoms with Crippen LogP contribution in [0.15, 0.2) is 48.6 Å². The summed E-state index contributed by atoms with van der Waals surface area (Å²) < 4.78 is 2.19. The van der Waals surface area contributed by atoms with Gasteiger partial charge in [0.15, 0.2) is 0 Å². The van der Waals surface area contributed by atoms with Crippen LogP contribution in [0.5, 0.6) is 0 Å². The molecule has 29 heavy (non-hydrogen) atoms. The lowest BCUT2D eigenvalue weighted by Gasteiger charge is -2.10. The third kappa shape index (κ3) is 3.27. The minimum absolute atomic E-state index is 0.301. The van der Waals surface area contributed by atoms with Crippen molar-refractivity contribution in [3.05, 3.63) is 59.2 Å². The maximum Gasteiger partial charge on any atom is 0.146 e. The second-order valence-electron chi connectivity index (χ2n) is 7.39. The monoisotopic (exact) mass is 405 g/mol. The third-order valence-electron chi connectivity index (χ3n) is 5.52. The lowest BCUT2D eigenvalue weighted by molar-refractivity contribution is 0.603. The van der Waals surface area contributed by atoms with Gasteiger partial charge >= 0.3 is 0 Å². The van der Waals surface area contributed by atoms with Gasteiger partial charge in [0.2, 0.25) is 0 Å². The number of nitrogen functional groups attached to an aromatic ring is 2. The van der Waals surface area contributed by atoms with Crippen molar-refractivity contribution in [1.82, 2.24) is 24.5 Å². The van der Waals surface area contributed by atoms with Gasteiger partial charge < -0.3 is 16.0 Å². The van der Waals surface area contributed by atoms with Crippen LogP contribution < -0.4 is 11.5 Å². The molecular weight excluding hydrogens is 386 g/mol. The van der Waals surface area contributed by atoms with Crippen molar-refractivity contribution in [3.8, 4) is 0 Å². The number of nitrogens with two attached hydrogens (primary N) is 2. The molecule has 0 fully saturated rings. The smallest absolute Gasteiger partial charge is 0.146 e. The molecule has 0 spiro atoms. The zero-order valence-electron chi connectivity index (χ0n) is 15.7. The molecule has 0 aliphatic heterocycles. The number of halogens is 1. The first-order valence-electron chi connectivity index (χ1n) is 9.56. The molecule has 5 rings (SSSR count). The first kappa shape index (κ1) is 17.9. The van der Waals surface area contributed by atoms with Gasteiger partial charge in [-0.25, -0.2) is 15.0 Å². The molecule has 146 valence electrons. The second kappa shape index (κ2) is 7.00. The van der Waals surface area contributed by atoms with Gasteiger partial charge in [-0.3, -0.25) is 4.98 Å². The minimum atomic E-state index is 0.301. The first-order chi connectivity index (χ1) is 14.1. The molecule has 0 amide bonds. The maximum absolute atomic E-state index is 6.02. The molecule has 0 bridgehead atoms. The Bertz CT molecular complexity index is 1260. The van der Waals surface area contributed by atoms with E-state index in [9.17, 15) is 0 Å². The Morgan fingerprint density at radius 2 is 1.97 bits per heavy atom. The predicted molar refractivity (Wildman–Crippen MR) is 116 cm³/mol. The lowest BCUT2D eigenvalue weighted by atomic mass is 10.1. The summed E-state index contributed by atoms with van der Waals surface area (Å²) in [4.78, 5) is 17.3. The van der Waals surface area contributed by atoms with Crippen LogP contribution in [-0.2, 0) is 6.42 Å². The number of allylic oxidation sites excluding steroid dienone is 2. The fraction of sp³-hybridized carbons (Fsp3) is 0.238. The number of nitrogens with zero attached hydrogens (tertiary/aromatic N) is 5. The van der Waals surface area contributed by atoms with Crippen molar-refractivity contribution in [2.24, 2.45) is 0 Å². The van der Waals surface area contributed by atoms with Gasteiger partial charge in [0.25, 0.3) is 0 Å². The Labute approximate surface area is 172 Å². The van der Waals surface area contributed by atoms with Crippen LogP contribution in [-0.4, -0.2) is 24.5 Å². The molecule has 7 nitrogen and oxygen atoms in total. The summed E-state index contributed by atoms with van der Waals surface area (Å²) in [6.45, 7) is 0. The van der Waals surface area contributed by atoms with E-state index in [1.807, 2.05) is 24.5 Å². The van der Waals surface area contributed by atoms with Gasteiger partial charge in [-0.15, -0.1) is 0 Å². The molecule has 4 heterocycles. The summed E-state index contributed by atoms with van der Waals surface area (Å²) in [5, 5.41) is 1.34. The molecule has 1 atom stereocenters. The van der Waals surface area contributed by atoms with E-state index >= 15 is 0 Å². The van der Waals surface area contributed by atoms with Crippen LogP contribution >= 0.6 is 11.6 Å². The number of pyridine rings is 2. The molecule has 0 aromatic carbocycles. The molecule has 0 saturated carbocycles. The van der Waals surface area contributed by atoms with Crippen LogP contribution in [0.25, 0.3) is 22.1 Å².